The van der Waals surface area contributed by atoms with Gasteiger partial charge >= 0.3 is 0 Å². The smallest absolute Gasteiger partial charge is 0.149 e. The number of nitrogens with zero attached hydrogens (tertiary/aromatic N) is 4. The summed E-state index contributed by atoms with van der Waals surface area (Å²) in [6, 6.07) is 12.0. The maximum atomic E-state index is 5.86. The lowest BCUT2D eigenvalue weighted by Gasteiger charge is -2.04. The summed E-state index contributed by atoms with van der Waals surface area (Å²) in [7, 11) is 0. The van der Waals surface area contributed by atoms with Crippen molar-refractivity contribution in [3.63, 3.8) is 0 Å². The highest BCUT2D eigenvalue weighted by Crippen LogP contribution is 2.21. The second-order valence-corrected chi connectivity index (χ2v) is 4.90. The molecule has 106 valence electrons. The van der Waals surface area contributed by atoms with Gasteiger partial charge in [0.25, 0.3) is 0 Å². The molecule has 0 spiro atoms. The van der Waals surface area contributed by atoms with Crippen LogP contribution in [0.4, 0.5) is 5.82 Å². The van der Waals surface area contributed by atoms with Gasteiger partial charge in [0, 0.05) is 11.8 Å². The molecule has 5 heteroatoms. The van der Waals surface area contributed by atoms with Gasteiger partial charge in [0.2, 0.25) is 0 Å². The van der Waals surface area contributed by atoms with Crippen LogP contribution in [-0.2, 0) is 6.42 Å². The van der Waals surface area contributed by atoms with Crippen LogP contribution in [0.2, 0.25) is 0 Å². The zero-order chi connectivity index (χ0) is 14.7. The van der Waals surface area contributed by atoms with Crippen LogP contribution in [0.15, 0.2) is 48.8 Å². The average molecular weight is 279 g/mol. The quantitative estimate of drug-likeness (QED) is 0.797. The number of nitrogen functional groups attached to an aromatic ring is 1. The largest absolute Gasteiger partial charge is 0.382 e. The Balaban J connectivity index is 1.95. The van der Waals surface area contributed by atoms with Crippen LogP contribution in [0.1, 0.15) is 18.9 Å². The SMILES string of the molecule is CCCc1cc(-c2cnn(-c3ccccc3)c2)nnc1N. The summed E-state index contributed by atoms with van der Waals surface area (Å²) < 4.78 is 1.83. The summed E-state index contributed by atoms with van der Waals surface area (Å²) in [6.45, 7) is 2.12. The number of para-hydroxylation sites is 1. The lowest BCUT2D eigenvalue weighted by Crippen LogP contribution is -2.01. The number of benzene rings is 1. The van der Waals surface area contributed by atoms with Crippen LogP contribution in [0.5, 0.6) is 0 Å². The number of rotatable bonds is 4. The monoisotopic (exact) mass is 279 g/mol. The van der Waals surface area contributed by atoms with E-state index in [0.717, 1.165) is 35.3 Å². The van der Waals surface area contributed by atoms with E-state index >= 15 is 0 Å². The van der Waals surface area contributed by atoms with Crippen molar-refractivity contribution in [3.8, 4) is 16.9 Å². The summed E-state index contributed by atoms with van der Waals surface area (Å²) in [5, 5.41) is 12.6. The first-order valence-corrected chi connectivity index (χ1v) is 7.00. The van der Waals surface area contributed by atoms with E-state index in [-0.39, 0.29) is 0 Å². The van der Waals surface area contributed by atoms with Crippen molar-refractivity contribution in [2.24, 2.45) is 0 Å². The van der Waals surface area contributed by atoms with E-state index in [2.05, 4.69) is 22.2 Å². The Morgan fingerprint density at radius 2 is 1.95 bits per heavy atom. The maximum Gasteiger partial charge on any atom is 0.149 e. The Morgan fingerprint density at radius 1 is 1.14 bits per heavy atom. The molecular weight excluding hydrogens is 262 g/mol. The number of anilines is 1. The fourth-order valence-electron chi connectivity index (χ4n) is 2.23. The fourth-order valence-corrected chi connectivity index (χ4v) is 2.23. The molecule has 21 heavy (non-hydrogen) atoms. The van der Waals surface area contributed by atoms with Crippen molar-refractivity contribution in [1.82, 2.24) is 20.0 Å². The van der Waals surface area contributed by atoms with Crippen molar-refractivity contribution in [1.29, 1.82) is 0 Å². The minimum Gasteiger partial charge on any atom is -0.382 e. The van der Waals surface area contributed by atoms with E-state index in [0.29, 0.717) is 5.82 Å². The lowest BCUT2D eigenvalue weighted by atomic mass is 10.1. The molecule has 0 fully saturated rings. The van der Waals surface area contributed by atoms with E-state index in [1.54, 1.807) is 6.20 Å². The molecule has 2 aromatic heterocycles. The van der Waals surface area contributed by atoms with Crippen LogP contribution < -0.4 is 5.73 Å². The van der Waals surface area contributed by atoms with Gasteiger partial charge in [0.05, 0.1) is 17.6 Å². The normalized spacial score (nSPS) is 10.7. The molecule has 0 amide bonds. The summed E-state index contributed by atoms with van der Waals surface area (Å²) in [5.74, 6) is 0.510. The van der Waals surface area contributed by atoms with Gasteiger partial charge in [-0.2, -0.15) is 5.10 Å². The zero-order valence-corrected chi connectivity index (χ0v) is 11.9. The molecule has 0 aliphatic heterocycles. The van der Waals surface area contributed by atoms with Crippen LogP contribution in [0.3, 0.4) is 0 Å². The highest BCUT2D eigenvalue weighted by Gasteiger charge is 2.08. The van der Waals surface area contributed by atoms with Crippen molar-refractivity contribution >= 4 is 5.82 Å². The summed E-state index contributed by atoms with van der Waals surface area (Å²) in [6.07, 6.45) is 5.67. The molecule has 3 aromatic rings. The first kappa shape index (κ1) is 13.3. The molecule has 1 aromatic carbocycles. The van der Waals surface area contributed by atoms with Crippen molar-refractivity contribution in [2.45, 2.75) is 19.8 Å². The molecule has 3 rings (SSSR count). The number of aryl methyl sites for hydroxylation is 1. The van der Waals surface area contributed by atoms with E-state index in [1.165, 1.54) is 0 Å². The molecule has 0 radical (unpaired) electrons. The highest BCUT2D eigenvalue weighted by molar-refractivity contribution is 5.60. The van der Waals surface area contributed by atoms with E-state index < -0.39 is 0 Å². The third-order valence-corrected chi connectivity index (χ3v) is 3.32. The molecule has 0 saturated carbocycles. The third kappa shape index (κ3) is 2.76. The maximum absolute atomic E-state index is 5.86. The first-order valence-electron chi connectivity index (χ1n) is 7.00. The molecule has 5 nitrogen and oxygen atoms in total. The molecule has 0 aliphatic rings. The van der Waals surface area contributed by atoms with Gasteiger partial charge in [-0.05, 0) is 30.2 Å². The molecule has 0 unspecified atom stereocenters. The zero-order valence-electron chi connectivity index (χ0n) is 11.9. The summed E-state index contributed by atoms with van der Waals surface area (Å²) >= 11 is 0. The van der Waals surface area contributed by atoms with E-state index in [4.69, 9.17) is 5.73 Å². The van der Waals surface area contributed by atoms with Crippen molar-refractivity contribution in [3.05, 3.63) is 54.4 Å². The Kier molecular flexibility index (Phi) is 3.64. The van der Waals surface area contributed by atoms with Gasteiger partial charge in [-0.3, -0.25) is 0 Å². The number of hydrogen-bond acceptors (Lipinski definition) is 4. The predicted molar refractivity (Wildman–Crippen MR) is 83.0 cm³/mol. The first-order chi connectivity index (χ1) is 10.3. The molecule has 0 atom stereocenters. The van der Waals surface area contributed by atoms with E-state index in [9.17, 15) is 0 Å². The number of aromatic nitrogens is 4. The predicted octanol–water partition coefficient (Wildman–Crippen LogP) is 2.86. The molecule has 2 N–H and O–H groups in total. The van der Waals surface area contributed by atoms with Crippen molar-refractivity contribution < 1.29 is 0 Å². The minimum atomic E-state index is 0.510. The number of hydrogen-bond donors (Lipinski definition) is 1. The van der Waals surface area contributed by atoms with Crippen LogP contribution in [0.25, 0.3) is 16.9 Å². The molecule has 0 aliphatic carbocycles. The molecule has 2 heterocycles. The van der Waals surface area contributed by atoms with Crippen LogP contribution >= 0.6 is 0 Å². The Morgan fingerprint density at radius 3 is 2.71 bits per heavy atom. The van der Waals surface area contributed by atoms with Gasteiger partial charge in [-0.1, -0.05) is 31.5 Å². The second kappa shape index (κ2) is 5.75. The van der Waals surface area contributed by atoms with Gasteiger partial charge in [-0.25, -0.2) is 4.68 Å². The van der Waals surface area contributed by atoms with Crippen LogP contribution in [0, 0.1) is 0 Å². The highest BCUT2D eigenvalue weighted by atomic mass is 15.3. The molecule has 0 saturated heterocycles. The minimum absolute atomic E-state index is 0.510. The lowest BCUT2D eigenvalue weighted by molar-refractivity contribution is 0.880. The Labute approximate surface area is 123 Å². The Hall–Kier alpha value is -2.69. The van der Waals surface area contributed by atoms with Gasteiger partial charge in [0.15, 0.2) is 0 Å². The van der Waals surface area contributed by atoms with Crippen LogP contribution in [-0.4, -0.2) is 20.0 Å². The topological polar surface area (TPSA) is 69.6 Å². The van der Waals surface area contributed by atoms with Gasteiger partial charge < -0.3 is 5.73 Å². The van der Waals surface area contributed by atoms with Crippen molar-refractivity contribution in [2.75, 3.05) is 5.73 Å². The van der Waals surface area contributed by atoms with Gasteiger partial charge in [-0.15, -0.1) is 10.2 Å². The third-order valence-electron chi connectivity index (χ3n) is 3.32. The fraction of sp³-hybridized carbons (Fsp3) is 0.188. The second-order valence-electron chi connectivity index (χ2n) is 4.90. The molecule has 0 bridgehead atoms. The van der Waals surface area contributed by atoms with Gasteiger partial charge in [0.1, 0.15) is 5.82 Å². The molecular formula is C16H17N5. The Bertz CT molecular complexity index is 733. The average Bonchev–Trinajstić information content (AvgIpc) is 3.00. The van der Waals surface area contributed by atoms with E-state index in [1.807, 2.05) is 47.3 Å². The summed E-state index contributed by atoms with van der Waals surface area (Å²) in [4.78, 5) is 0. The summed E-state index contributed by atoms with van der Waals surface area (Å²) in [5.41, 5.74) is 9.64. The number of nitrogens with two attached hydrogens (primary N) is 1. The standard InChI is InChI=1S/C16H17N5/c1-2-6-12-9-15(19-20-16(12)17)13-10-18-21(11-13)14-7-4-3-5-8-14/h3-5,7-11H,2,6H2,1H3,(H2,17,20).